The summed E-state index contributed by atoms with van der Waals surface area (Å²) >= 11 is 0. The lowest BCUT2D eigenvalue weighted by Gasteiger charge is -2.11. The van der Waals surface area contributed by atoms with Gasteiger partial charge in [0.2, 0.25) is 0 Å². The number of hydrogen-bond acceptors (Lipinski definition) is 3. The first-order valence-corrected chi connectivity index (χ1v) is 7.01. The van der Waals surface area contributed by atoms with Crippen LogP contribution in [-0.4, -0.2) is 14.0 Å². The summed E-state index contributed by atoms with van der Waals surface area (Å²) in [6, 6.07) is 6.18. The van der Waals surface area contributed by atoms with Gasteiger partial charge in [-0.15, -0.1) is 0 Å². The molecule has 0 radical (unpaired) electrons. The molecule has 24 heavy (non-hydrogen) atoms. The quantitative estimate of drug-likeness (QED) is 0.722. The molecule has 0 aliphatic rings. The van der Waals surface area contributed by atoms with Crippen molar-refractivity contribution in [3.8, 4) is 0 Å². The smallest absolute Gasteiger partial charge is 0.309 e. The monoisotopic (exact) mass is 335 g/mol. The standard InChI is InChI=1S/C16H12F3N3O2/c1-10-2-4-13-20-12(6-15(24)22(13)7-10)9-21-8-11(16(17,18)19)3-5-14(21)23/h2-8H,9H2,1H3. The summed E-state index contributed by atoms with van der Waals surface area (Å²) in [5.74, 6) is 0. The molecular weight excluding hydrogens is 323 g/mol. The van der Waals surface area contributed by atoms with Gasteiger partial charge < -0.3 is 4.57 Å². The van der Waals surface area contributed by atoms with Crippen LogP contribution in [0.25, 0.3) is 5.65 Å². The van der Waals surface area contributed by atoms with Gasteiger partial charge in [0.25, 0.3) is 11.1 Å². The van der Waals surface area contributed by atoms with Crippen molar-refractivity contribution in [3.63, 3.8) is 0 Å². The lowest BCUT2D eigenvalue weighted by Crippen LogP contribution is -2.24. The number of halogens is 3. The fraction of sp³-hybridized carbons (Fsp3) is 0.188. The summed E-state index contributed by atoms with van der Waals surface area (Å²) in [6.07, 6.45) is -2.21. The molecule has 0 amide bonds. The molecule has 124 valence electrons. The highest BCUT2D eigenvalue weighted by molar-refractivity contribution is 5.40. The minimum absolute atomic E-state index is 0.213. The zero-order valence-electron chi connectivity index (χ0n) is 12.5. The maximum atomic E-state index is 12.8. The van der Waals surface area contributed by atoms with Crippen LogP contribution in [0, 0.1) is 6.92 Å². The molecule has 8 heteroatoms. The lowest BCUT2D eigenvalue weighted by molar-refractivity contribution is -0.138. The molecule has 3 heterocycles. The van der Waals surface area contributed by atoms with Crippen molar-refractivity contribution in [1.82, 2.24) is 14.0 Å². The molecule has 3 aromatic heterocycles. The summed E-state index contributed by atoms with van der Waals surface area (Å²) in [5, 5.41) is 0. The van der Waals surface area contributed by atoms with E-state index in [0.29, 0.717) is 5.65 Å². The third-order valence-electron chi connectivity index (χ3n) is 3.50. The summed E-state index contributed by atoms with van der Waals surface area (Å²) in [5.41, 5.74) is -0.454. The molecule has 0 fully saturated rings. The summed E-state index contributed by atoms with van der Waals surface area (Å²) in [6.45, 7) is 1.60. The van der Waals surface area contributed by atoms with Crippen molar-refractivity contribution in [3.05, 3.63) is 80.3 Å². The predicted octanol–water partition coefficient (Wildman–Crippen LogP) is 2.23. The van der Waals surface area contributed by atoms with Gasteiger partial charge in [0, 0.05) is 24.5 Å². The molecule has 0 saturated heterocycles. The molecule has 0 bridgehead atoms. The molecule has 0 N–H and O–H groups in total. The Hall–Kier alpha value is -2.90. The van der Waals surface area contributed by atoms with E-state index in [1.807, 2.05) is 6.92 Å². The summed E-state index contributed by atoms with van der Waals surface area (Å²) in [4.78, 5) is 28.1. The Morgan fingerprint density at radius 1 is 1.04 bits per heavy atom. The van der Waals surface area contributed by atoms with Gasteiger partial charge in [0.05, 0.1) is 17.8 Å². The van der Waals surface area contributed by atoms with E-state index in [-0.39, 0.29) is 17.8 Å². The van der Waals surface area contributed by atoms with E-state index in [1.54, 1.807) is 18.3 Å². The van der Waals surface area contributed by atoms with Gasteiger partial charge in [0.15, 0.2) is 0 Å². The van der Waals surface area contributed by atoms with Crippen molar-refractivity contribution >= 4 is 5.65 Å². The molecule has 0 aliphatic heterocycles. The highest BCUT2D eigenvalue weighted by Crippen LogP contribution is 2.28. The zero-order chi connectivity index (χ0) is 17.5. The fourth-order valence-electron chi connectivity index (χ4n) is 2.34. The van der Waals surface area contributed by atoms with Crippen LogP contribution in [0.2, 0.25) is 0 Å². The Kier molecular flexibility index (Phi) is 3.75. The summed E-state index contributed by atoms with van der Waals surface area (Å²) in [7, 11) is 0. The number of aromatic nitrogens is 3. The van der Waals surface area contributed by atoms with Gasteiger partial charge in [-0.3, -0.25) is 14.0 Å². The van der Waals surface area contributed by atoms with Gasteiger partial charge >= 0.3 is 6.18 Å². The summed E-state index contributed by atoms with van der Waals surface area (Å²) < 4.78 is 40.5. The number of fused-ring (bicyclic) bond motifs is 1. The maximum absolute atomic E-state index is 12.8. The van der Waals surface area contributed by atoms with Crippen LogP contribution < -0.4 is 11.1 Å². The second-order valence-corrected chi connectivity index (χ2v) is 5.40. The maximum Gasteiger partial charge on any atom is 0.417 e. The molecule has 3 aromatic rings. The fourth-order valence-corrected chi connectivity index (χ4v) is 2.34. The van der Waals surface area contributed by atoms with Gasteiger partial charge in [-0.2, -0.15) is 13.2 Å². The number of aryl methyl sites for hydroxylation is 1. The van der Waals surface area contributed by atoms with E-state index < -0.39 is 17.3 Å². The van der Waals surface area contributed by atoms with Crippen LogP contribution >= 0.6 is 0 Å². The Morgan fingerprint density at radius 3 is 2.50 bits per heavy atom. The van der Waals surface area contributed by atoms with Gasteiger partial charge in [-0.05, 0) is 24.6 Å². The molecule has 3 rings (SSSR count). The first-order valence-electron chi connectivity index (χ1n) is 7.01. The van der Waals surface area contributed by atoms with Crippen LogP contribution in [0.5, 0.6) is 0 Å². The largest absolute Gasteiger partial charge is 0.417 e. The van der Waals surface area contributed by atoms with Crippen molar-refractivity contribution < 1.29 is 13.2 Å². The number of hydrogen-bond donors (Lipinski definition) is 0. The van der Waals surface area contributed by atoms with E-state index in [4.69, 9.17) is 0 Å². The molecule has 0 aromatic carbocycles. The molecule has 0 atom stereocenters. The first-order chi connectivity index (χ1) is 11.2. The van der Waals surface area contributed by atoms with Gasteiger partial charge in [0.1, 0.15) is 5.65 Å². The van der Waals surface area contributed by atoms with Gasteiger partial charge in [-0.25, -0.2) is 4.98 Å². The van der Waals surface area contributed by atoms with Crippen molar-refractivity contribution in [2.24, 2.45) is 0 Å². The molecule has 0 aliphatic carbocycles. The van der Waals surface area contributed by atoms with E-state index in [2.05, 4.69) is 4.98 Å². The van der Waals surface area contributed by atoms with Crippen molar-refractivity contribution in [2.45, 2.75) is 19.6 Å². The second kappa shape index (κ2) is 5.63. The molecule has 0 saturated carbocycles. The topological polar surface area (TPSA) is 56.4 Å². The van der Waals surface area contributed by atoms with Gasteiger partial charge in [-0.1, -0.05) is 6.07 Å². The molecule has 0 spiro atoms. The SMILES string of the molecule is Cc1ccc2nc(Cn3cc(C(F)(F)F)ccc3=O)cc(=O)n2c1. The molecular formula is C16H12F3N3O2. The molecule has 0 unspecified atom stereocenters. The third kappa shape index (κ3) is 3.08. The van der Waals surface area contributed by atoms with Crippen LogP contribution in [-0.2, 0) is 12.7 Å². The number of alkyl halides is 3. The Morgan fingerprint density at radius 2 is 1.79 bits per heavy atom. The second-order valence-electron chi connectivity index (χ2n) is 5.40. The number of rotatable bonds is 2. The van der Waals surface area contributed by atoms with Crippen molar-refractivity contribution in [2.75, 3.05) is 0 Å². The first kappa shape index (κ1) is 16.0. The van der Waals surface area contributed by atoms with Crippen LogP contribution in [0.4, 0.5) is 13.2 Å². The minimum atomic E-state index is -4.55. The van der Waals surface area contributed by atoms with E-state index in [0.717, 1.165) is 28.5 Å². The third-order valence-corrected chi connectivity index (χ3v) is 3.50. The zero-order valence-corrected chi connectivity index (χ0v) is 12.5. The highest BCUT2D eigenvalue weighted by Gasteiger charge is 2.31. The van der Waals surface area contributed by atoms with Crippen molar-refractivity contribution in [1.29, 1.82) is 0 Å². The molecule has 5 nitrogen and oxygen atoms in total. The van der Waals surface area contributed by atoms with E-state index >= 15 is 0 Å². The van der Waals surface area contributed by atoms with Crippen LogP contribution in [0.1, 0.15) is 16.8 Å². The normalized spacial score (nSPS) is 11.8. The minimum Gasteiger partial charge on any atom is -0.309 e. The predicted molar refractivity (Wildman–Crippen MR) is 81.0 cm³/mol. The number of nitrogens with zero attached hydrogens (tertiary/aromatic N) is 3. The highest BCUT2D eigenvalue weighted by atomic mass is 19.4. The average Bonchev–Trinajstić information content (AvgIpc) is 2.49. The Balaban J connectivity index is 2.06. The van der Waals surface area contributed by atoms with Crippen LogP contribution in [0.3, 0.4) is 0 Å². The average molecular weight is 335 g/mol. The Labute approximate surface area is 133 Å². The van der Waals surface area contributed by atoms with E-state index in [9.17, 15) is 22.8 Å². The van der Waals surface area contributed by atoms with E-state index in [1.165, 1.54) is 10.5 Å². The Bertz CT molecular complexity index is 1040. The number of pyridine rings is 2. The lowest BCUT2D eigenvalue weighted by atomic mass is 10.2. The van der Waals surface area contributed by atoms with Crippen LogP contribution in [0.15, 0.2) is 52.3 Å².